The van der Waals surface area contributed by atoms with Crippen molar-refractivity contribution in [3.05, 3.63) is 63.8 Å². The second-order valence-electron chi connectivity index (χ2n) is 6.72. The van der Waals surface area contributed by atoms with Crippen molar-refractivity contribution in [2.24, 2.45) is 0 Å². The Morgan fingerprint density at radius 3 is 2.70 bits per heavy atom. The molecule has 8 heteroatoms. The molecule has 3 aromatic rings. The van der Waals surface area contributed by atoms with Crippen molar-refractivity contribution in [2.75, 3.05) is 11.3 Å². The highest BCUT2D eigenvalue weighted by Crippen LogP contribution is 2.38. The Balaban J connectivity index is 1.69. The van der Waals surface area contributed by atoms with Gasteiger partial charge in [0.25, 0.3) is 0 Å². The summed E-state index contributed by atoms with van der Waals surface area (Å²) in [5.41, 5.74) is 3.51. The molecule has 2 heterocycles. The molecule has 1 unspecified atom stereocenters. The molecule has 27 heavy (non-hydrogen) atoms. The number of benzene rings is 2. The van der Waals surface area contributed by atoms with Gasteiger partial charge in [-0.3, -0.25) is 4.72 Å². The fourth-order valence-corrected chi connectivity index (χ4v) is 5.28. The van der Waals surface area contributed by atoms with Crippen LogP contribution >= 0.6 is 23.2 Å². The molecule has 0 bridgehead atoms. The van der Waals surface area contributed by atoms with Crippen LogP contribution in [0.4, 0.5) is 5.69 Å². The van der Waals surface area contributed by atoms with Crippen LogP contribution in [-0.4, -0.2) is 24.3 Å². The van der Waals surface area contributed by atoms with Gasteiger partial charge in [0.2, 0.25) is 0 Å². The Morgan fingerprint density at radius 2 is 1.96 bits per heavy atom. The fourth-order valence-electron chi connectivity index (χ4n) is 3.69. The molecule has 4 rings (SSSR count). The summed E-state index contributed by atoms with van der Waals surface area (Å²) in [5.74, 6) is 0.0944. The summed E-state index contributed by atoms with van der Waals surface area (Å²) < 4.78 is 30.0. The minimum absolute atomic E-state index is 0.0944. The number of hydrogen-bond acceptors (Lipinski definition) is 2. The van der Waals surface area contributed by atoms with Crippen LogP contribution in [0.2, 0.25) is 10.0 Å². The number of halogens is 2. The first-order chi connectivity index (χ1) is 12.9. The molecule has 0 spiro atoms. The van der Waals surface area contributed by atoms with E-state index in [9.17, 15) is 8.42 Å². The Labute approximate surface area is 168 Å². The Morgan fingerprint density at radius 1 is 1.19 bits per heavy atom. The maximum absolute atomic E-state index is 12.9. The number of hydrogen-bond donors (Lipinski definition) is 2. The topological polar surface area (TPSA) is 65.2 Å². The molecule has 5 nitrogen and oxygen atoms in total. The van der Waals surface area contributed by atoms with E-state index in [0.29, 0.717) is 22.3 Å². The van der Waals surface area contributed by atoms with Gasteiger partial charge in [-0.1, -0.05) is 36.2 Å². The average Bonchev–Trinajstić information content (AvgIpc) is 2.98. The summed E-state index contributed by atoms with van der Waals surface area (Å²) in [5, 5.41) is 2.23. The molecule has 0 saturated carbocycles. The number of anilines is 1. The zero-order valence-corrected chi connectivity index (χ0v) is 17.0. The van der Waals surface area contributed by atoms with Gasteiger partial charge in [0.05, 0.1) is 12.2 Å². The van der Waals surface area contributed by atoms with E-state index in [1.165, 1.54) is 9.87 Å². The van der Waals surface area contributed by atoms with Gasteiger partial charge in [0.1, 0.15) is 0 Å². The molecule has 1 aliphatic rings. The predicted octanol–water partition coefficient (Wildman–Crippen LogP) is 5.14. The van der Waals surface area contributed by atoms with Crippen molar-refractivity contribution in [1.29, 1.82) is 0 Å². The molecule has 0 amide bonds. The first-order valence-electron chi connectivity index (χ1n) is 8.71. The molecule has 0 fully saturated rings. The van der Waals surface area contributed by atoms with Gasteiger partial charge in [-0.25, -0.2) is 0 Å². The van der Waals surface area contributed by atoms with E-state index in [0.717, 1.165) is 23.0 Å². The van der Waals surface area contributed by atoms with E-state index in [2.05, 4.69) is 16.6 Å². The third-order valence-electron chi connectivity index (χ3n) is 4.95. The lowest BCUT2D eigenvalue weighted by Gasteiger charge is -2.32. The minimum Gasteiger partial charge on any atom is -0.357 e. The molecular formula is C19H19Cl2N3O2S. The summed E-state index contributed by atoms with van der Waals surface area (Å²) in [4.78, 5) is 3.37. The lowest BCUT2D eigenvalue weighted by atomic mass is 9.91. The van der Waals surface area contributed by atoms with E-state index in [-0.39, 0.29) is 12.5 Å². The third kappa shape index (κ3) is 3.55. The number of nitrogens with one attached hydrogen (secondary N) is 2. The van der Waals surface area contributed by atoms with E-state index in [4.69, 9.17) is 23.2 Å². The summed E-state index contributed by atoms with van der Waals surface area (Å²) in [6, 6.07) is 12.4. The van der Waals surface area contributed by atoms with Crippen molar-refractivity contribution in [1.82, 2.24) is 9.29 Å². The summed E-state index contributed by atoms with van der Waals surface area (Å²) in [6.45, 7) is 2.77. The molecule has 2 N–H and O–H groups in total. The quantitative estimate of drug-likeness (QED) is 0.609. The molecule has 142 valence electrons. The number of fused-ring (bicyclic) bond motifs is 3. The molecule has 1 aromatic heterocycles. The maximum atomic E-state index is 12.9. The van der Waals surface area contributed by atoms with E-state index >= 15 is 0 Å². The molecular weight excluding hydrogens is 405 g/mol. The predicted molar refractivity (Wildman–Crippen MR) is 111 cm³/mol. The average molecular weight is 424 g/mol. The number of aromatic amines is 1. The zero-order chi connectivity index (χ0) is 19.2. The second kappa shape index (κ2) is 7.02. The van der Waals surface area contributed by atoms with Crippen LogP contribution < -0.4 is 4.72 Å². The van der Waals surface area contributed by atoms with Gasteiger partial charge >= 0.3 is 10.2 Å². The van der Waals surface area contributed by atoms with Gasteiger partial charge < -0.3 is 4.98 Å². The number of aromatic nitrogens is 1. The normalized spacial score (nSPS) is 17.8. The van der Waals surface area contributed by atoms with Gasteiger partial charge in [-0.15, -0.1) is 0 Å². The van der Waals surface area contributed by atoms with Crippen LogP contribution in [0.3, 0.4) is 0 Å². The molecule has 0 radical (unpaired) electrons. The smallest absolute Gasteiger partial charge is 0.302 e. The Bertz CT molecular complexity index is 1110. The van der Waals surface area contributed by atoms with Crippen molar-refractivity contribution in [3.8, 4) is 0 Å². The molecule has 1 atom stereocenters. The third-order valence-corrected chi connectivity index (χ3v) is 6.88. The SMILES string of the molecule is CCC1CN(S(=O)(=O)Nc2cccc(Cl)c2)Cc2[nH]c3ccc(Cl)cc3c21. The van der Waals surface area contributed by atoms with Gasteiger partial charge in [0, 0.05) is 33.2 Å². The number of rotatable bonds is 4. The Kier molecular flexibility index (Phi) is 4.84. The summed E-state index contributed by atoms with van der Waals surface area (Å²) >= 11 is 12.1. The van der Waals surface area contributed by atoms with Gasteiger partial charge in [-0.2, -0.15) is 12.7 Å². The zero-order valence-electron chi connectivity index (χ0n) is 14.7. The van der Waals surface area contributed by atoms with Crippen LogP contribution in [0, 0.1) is 0 Å². The van der Waals surface area contributed by atoms with E-state index in [1.807, 2.05) is 18.2 Å². The van der Waals surface area contributed by atoms with Crippen LogP contribution in [0.1, 0.15) is 30.5 Å². The van der Waals surface area contributed by atoms with E-state index < -0.39 is 10.2 Å². The highest BCUT2D eigenvalue weighted by Gasteiger charge is 2.34. The van der Waals surface area contributed by atoms with Crippen molar-refractivity contribution >= 4 is 50.0 Å². The number of H-pyrrole nitrogens is 1. The summed E-state index contributed by atoms with van der Waals surface area (Å²) in [7, 11) is -3.71. The highest BCUT2D eigenvalue weighted by molar-refractivity contribution is 7.90. The number of nitrogens with zero attached hydrogens (tertiary/aromatic N) is 1. The van der Waals surface area contributed by atoms with E-state index in [1.54, 1.807) is 24.3 Å². The standard InChI is InChI=1S/C19H19Cl2N3O2S/c1-2-12-10-24(27(25,26)23-15-5-3-4-13(20)8-15)11-18-19(12)16-9-14(21)6-7-17(16)22-18/h3-9,12,22-23H,2,10-11H2,1H3. The molecule has 1 aliphatic heterocycles. The molecule has 0 saturated heterocycles. The largest absolute Gasteiger partial charge is 0.357 e. The van der Waals surface area contributed by atoms with Gasteiger partial charge in [-0.05, 0) is 54.3 Å². The van der Waals surface area contributed by atoms with Crippen LogP contribution in [-0.2, 0) is 16.8 Å². The van der Waals surface area contributed by atoms with Crippen molar-refractivity contribution in [2.45, 2.75) is 25.8 Å². The maximum Gasteiger partial charge on any atom is 0.302 e. The monoisotopic (exact) mass is 423 g/mol. The van der Waals surface area contributed by atoms with Crippen LogP contribution in [0.15, 0.2) is 42.5 Å². The van der Waals surface area contributed by atoms with Gasteiger partial charge in [0.15, 0.2) is 0 Å². The molecule has 0 aliphatic carbocycles. The second-order valence-corrected chi connectivity index (χ2v) is 9.27. The highest BCUT2D eigenvalue weighted by atomic mass is 35.5. The van der Waals surface area contributed by atoms with Crippen LogP contribution in [0.5, 0.6) is 0 Å². The first kappa shape index (κ1) is 18.6. The summed E-state index contributed by atoms with van der Waals surface area (Å²) in [6.07, 6.45) is 0.829. The molecule has 2 aromatic carbocycles. The van der Waals surface area contributed by atoms with Crippen molar-refractivity contribution < 1.29 is 8.42 Å². The lowest BCUT2D eigenvalue weighted by molar-refractivity contribution is 0.350. The van der Waals surface area contributed by atoms with Crippen LogP contribution in [0.25, 0.3) is 10.9 Å². The van der Waals surface area contributed by atoms with Crippen molar-refractivity contribution in [3.63, 3.8) is 0 Å². The Hall–Kier alpha value is -1.73. The first-order valence-corrected chi connectivity index (χ1v) is 10.9. The minimum atomic E-state index is -3.71. The lowest BCUT2D eigenvalue weighted by Crippen LogP contribution is -2.41. The fraction of sp³-hybridized carbons (Fsp3) is 0.263.